The Balaban J connectivity index is 1.70. The third kappa shape index (κ3) is 7.34. The van der Waals surface area contributed by atoms with E-state index in [0.29, 0.717) is 35.7 Å². The number of benzene rings is 3. The van der Waals surface area contributed by atoms with E-state index in [0.717, 1.165) is 5.56 Å². The van der Waals surface area contributed by atoms with Gasteiger partial charge in [0.25, 0.3) is 5.91 Å². The number of amides is 1. The molecule has 0 spiro atoms. The van der Waals surface area contributed by atoms with Crippen molar-refractivity contribution < 1.29 is 22.3 Å². The van der Waals surface area contributed by atoms with Gasteiger partial charge in [-0.05, 0) is 61.6 Å². The zero-order valence-corrected chi connectivity index (χ0v) is 23.6. The van der Waals surface area contributed by atoms with Gasteiger partial charge in [0, 0.05) is 18.7 Å². The average molecular weight is 565 g/mol. The molecule has 4 aromatic rings. The maximum atomic E-state index is 13.6. The Labute approximate surface area is 234 Å². The van der Waals surface area contributed by atoms with Crippen molar-refractivity contribution in [1.82, 2.24) is 19.4 Å². The molecule has 210 valence electrons. The number of methoxy groups -OCH3 is 1. The molecule has 8 nitrogen and oxygen atoms in total. The number of nitrogens with zero attached hydrogens (tertiary/aromatic N) is 4. The molecule has 1 heterocycles. The van der Waals surface area contributed by atoms with Crippen molar-refractivity contribution >= 4 is 15.7 Å². The summed E-state index contributed by atoms with van der Waals surface area (Å²) in [4.78, 5) is 21.6. The third-order valence-corrected chi connectivity index (χ3v) is 8.02. The van der Waals surface area contributed by atoms with Crippen molar-refractivity contribution in [2.45, 2.75) is 24.0 Å². The van der Waals surface area contributed by atoms with Gasteiger partial charge in [0.05, 0.1) is 37.8 Å². The number of aromatic nitrogens is 2. The lowest BCUT2D eigenvalue weighted by Gasteiger charge is -2.25. The predicted octanol–water partition coefficient (Wildman–Crippen LogP) is 4.26. The highest BCUT2D eigenvalue weighted by atomic mass is 32.2. The molecule has 0 radical (unpaired) electrons. The lowest BCUT2D eigenvalue weighted by Crippen LogP contribution is -2.37. The van der Waals surface area contributed by atoms with Gasteiger partial charge in [-0.2, -0.15) is 0 Å². The van der Waals surface area contributed by atoms with Crippen molar-refractivity contribution in [2.75, 3.05) is 34.3 Å². The number of imidazole rings is 1. The lowest BCUT2D eigenvalue weighted by molar-refractivity contribution is 0.0728. The van der Waals surface area contributed by atoms with E-state index in [-0.39, 0.29) is 29.9 Å². The number of ether oxygens (including phenoxy) is 1. The van der Waals surface area contributed by atoms with Gasteiger partial charge in [-0.1, -0.05) is 42.5 Å². The zero-order chi connectivity index (χ0) is 28.7. The van der Waals surface area contributed by atoms with Crippen LogP contribution in [0.15, 0.2) is 90.2 Å². The fourth-order valence-electron chi connectivity index (χ4n) is 4.25. The molecule has 0 fully saturated rings. The molecular weight excluding hydrogens is 531 g/mol. The number of likely N-dealkylation sites (N-methyl/N-ethyl adjacent to an activating group) is 1. The third-order valence-electron chi connectivity index (χ3n) is 6.43. The van der Waals surface area contributed by atoms with Gasteiger partial charge in [-0.15, -0.1) is 0 Å². The van der Waals surface area contributed by atoms with Gasteiger partial charge in [0.1, 0.15) is 11.6 Å². The van der Waals surface area contributed by atoms with Gasteiger partial charge in [0.15, 0.2) is 0 Å². The SMILES string of the molecule is COc1ccc(C(=O)N(CCN(C)C)Cc2cnc(S(=O)(=O)Cc3ccc(F)cc3)n2Cc2ccccc2)cc1. The van der Waals surface area contributed by atoms with Gasteiger partial charge in [-0.25, -0.2) is 17.8 Å². The number of rotatable bonds is 12. The molecule has 1 amide bonds. The molecule has 0 bridgehead atoms. The van der Waals surface area contributed by atoms with Crippen LogP contribution in [0.5, 0.6) is 5.75 Å². The Kier molecular flexibility index (Phi) is 9.34. The summed E-state index contributed by atoms with van der Waals surface area (Å²) in [7, 11) is 1.52. The van der Waals surface area contributed by atoms with Crippen molar-refractivity contribution in [3.8, 4) is 5.75 Å². The summed E-state index contributed by atoms with van der Waals surface area (Å²) < 4.78 is 47.4. The van der Waals surface area contributed by atoms with Gasteiger partial charge >= 0.3 is 0 Å². The van der Waals surface area contributed by atoms with Crippen LogP contribution < -0.4 is 4.74 Å². The molecule has 0 saturated carbocycles. The van der Waals surface area contributed by atoms with Crippen molar-refractivity contribution in [3.63, 3.8) is 0 Å². The topological polar surface area (TPSA) is 84.7 Å². The molecule has 10 heteroatoms. The average Bonchev–Trinajstić information content (AvgIpc) is 3.35. The summed E-state index contributed by atoms with van der Waals surface area (Å²) >= 11 is 0. The van der Waals surface area contributed by atoms with Crippen LogP contribution in [0.2, 0.25) is 0 Å². The smallest absolute Gasteiger partial charge is 0.254 e. The predicted molar refractivity (Wildman–Crippen MR) is 151 cm³/mol. The lowest BCUT2D eigenvalue weighted by atomic mass is 10.2. The molecule has 0 atom stereocenters. The number of hydrogen-bond donors (Lipinski definition) is 0. The first kappa shape index (κ1) is 29.0. The molecule has 0 aliphatic heterocycles. The summed E-state index contributed by atoms with van der Waals surface area (Å²) in [6.07, 6.45) is 1.52. The normalized spacial score (nSPS) is 11.5. The molecule has 3 aromatic carbocycles. The molecule has 0 saturated heterocycles. The number of carbonyl (C=O) groups excluding carboxylic acids is 1. The number of hydrogen-bond acceptors (Lipinski definition) is 6. The summed E-state index contributed by atoms with van der Waals surface area (Å²) in [6, 6.07) is 21.7. The Morgan fingerprint density at radius 3 is 2.23 bits per heavy atom. The number of halogens is 1. The van der Waals surface area contributed by atoms with E-state index in [2.05, 4.69) is 4.98 Å². The van der Waals surface area contributed by atoms with Crippen molar-refractivity contribution in [1.29, 1.82) is 0 Å². The fourth-order valence-corrected chi connectivity index (χ4v) is 5.74. The highest BCUT2D eigenvalue weighted by Gasteiger charge is 2.26. The van der Waals surface area contributed by atoms with Crippen molar-refractivity contribution in [2.24, 2.45) is 0 Å². The van der Waals surface area contributed by atoms with Gasteiger partial charge in [0.2, 0.25) is 15.0 Å². The summed E-state index contributed by atoms with van der Waals surface area (Å²) in [6.45, 7) is 1.45. The van der Waals surface area contributed by atoms with Gasteiger partial charge < -0.3 is 19.1 Å². The van der Waals surface area contributed by atoms with Crippen LogP contribution in [0.4, 0.5) is 4.39 Å². The highest BCUT2D eigenvalue weighted by molar-refractivity contribution is 7.90. The minimum atomic E-state index is -3.89. The first-order valence-corrected chi connectivity index (χ1v) is 14.4. The minimum Gasteiger partial charge on any atom is -0.497 e. The second-order valence-corrected chi connectivity index (χ2v) is 11.6. The summed E-state index contributed by atoms with van der Waals surface area (Å²) in [5.74, 6) is -0.303. The molecule has 0 aliphatic rings. The van der Waals surface area contributed by atoms with E-state index in [1.165, 1.54) is 30.5 Å². The van der Waals surface area contributed by atoms with E-state index in [1.807, 2.05) is 49.3 Å². The molecule has 40 heavy (non-hydrogen) atoms. The molecular formula is C30H33FN4O4S. The zero-order valence-electron chi connectivity index (χ0n) is 22.8. The van der Waals surface area contributed by atoms with Crippen LogP contribution in [-0.4, -0.2) is 68.0 Å². The second-order valence-electron chi connectivity index (χ2n) is 9.75. The largest absolute Gasteiger partial charge is 0.497 e. The number of carbonyl (C=O) groups is 1. The Morgan fingerprint density at radius 1 is 0.925 bits per heavy atom. The second kappa shape index (κ2) is 12.9. The van der Waals surface area contributed by atoms with E-state index in [4.69, 9.17) is 4.74 Å². The fraction of sp³-hybridized carbons (Fsp3) is 0.267. The maximum Gasteiger partial charge on any atom is 0.254 e. The van der Waals surface area contributed by atoms with E-state index in [9.17, 15) is 17.6 Å². The van der Waals surface area contributed by atoms with Crippen LogP contribution in [0.1, 0.15) is 27.2 Å². The van der Waals surface area contributed by atoms with Crippen LogP contribution in [-0.2, 0) is 28.7 Å². The van der Waals surface area contributed by atoms with E-state index < -0.39 is 15.7 Å². The molecule has 4 rings (SSSR count). The van der Waals surface area contributed by atoms with Crippen LogP contribution in [0, 0.1) is 5.82 Å². The van der Waals surface area contributed by atoms with Crippen LogP contribution in [0.25, 0.3) is 0 Å². The Morgan fingerprint density at radius 2 is 1.60 bits per heavy atom. The molecule has 0 aliphatic carbocycles. The van der Waals surface area contributed by atoms with Crippen molar-refractivity contribution in [3.05, 3.63) is 113 Å². The van der Waals surface area contributed by atoms with Crippen LogP contribution >= 0.6 is 0 Å². The summed E-state index contributed by atoms with van der Waals surface area (Å²) in [5.41, 5.74) is 2.43. The van der Waals surface area contributed by atoms with E-state index >= 15 is 0 Å². The monoisotopic (exact) mass is 564 g/mol. The molecule has 1 aromatic heterocycles. The molecule has 0 unspecified atom stereocenters. The Bertz CT molecular complexity index is 1520. The summed E-state index contributed by atoms with van der Waals surface area (Å²) in [5, 5.41) is -0.0971. The highest BCUT2D eigenvalue weighted by Crippen LogP contribution is 2.22. The number of sulfone groups is 1. The standard InChI is InChI=1S/C30H33FN4O4S/c1-33(2)17-18-34(29(36)25-11-15-28(39-3)16-12-25)21-27-19-32-30(35(27)20-23-7-5-4-6-8-23)40(37,38)22-24-9-13-26(31)14-10-24/h4-16,19H,17-18,20-22H2,1-3H3. The quantitative estimate of drug-likeness (QED) is 0.256. The first-order valence-electron chi connectivity index (χ1n) is 12.8. The minimum absolute atomic E-state index is 0.0971. The maximum absolute atomic E-state index is 13.6. The first-order chi connectivity index (χ1) is 19.2. The van der Waals surface area contributed by atoms with E-state index in [1.54, 1.807) is 40.8 Å². The Hall–Kier alpha value is -4.02. The van der Waals surface area contributed by atoms with Gasteiger partial charge in [-0.3, -0.25) is 4.79 Å². The van der Waals surface area contributed by atoms with Crippen LogP contribution in [0.3, 0.4) is 0 Å². The molecule has 0 N–H and O–H groups in total.